The number of hydrogen-bond acceptors (Lipinski definition) is 5. The molecule has 0 unspecified atom stereocenters. The summed E-state index contributed by atoms with van der Waals surface area (Å²) in [6.45, 7) is 1.74. The number of nitrogens with zero attached hydrogens (tertiary/aromatic N) is 1. The predicted molar refractivity (Wildman–Crippen MR) is 96.7 cm³/mol. The Morgan fingerprint density at radius 1 is 1.38 bits per heavy atom. The van der Waals surface area contributed by atoms with Gasteiger partial charge in [-0.3, -0.25) is 19.3 Å². The highest BCUT2D eigenvalue weighted by atomic mass is 32.1. The highest BCUT2D eigenvalue weighted by Gasteiger charge is 2.52. The molecule has 140 valence electrons. The Kier molecular flexibility index (Phi) is 4.99. The Morgan fingerprint density at radius 2 is 2.08 bits per heavy atom. The fourth-order valence-corrected chi connectivity index (χ4v) is 4.46. The topological polar surface area (TPSA) is 122 Å². The first kappa shape index (κ1) is 18.4. The maximum atomic E-state index is 12.8. The summed E-state index contributed by atoms with van der Waals surface area (Å²) in [5.74, 6) is -0.955. The molecule has 2 aliphatic rings. The number of hydrogen-bond donors (Lipinski definition) is 3. The molecule has 1 spiro atoms. The van der Waals surface area contributed by atoms with Gasteiger partial charge in [-0.25, -0.2) is 4.79 Å². The molecule has 1 aliphatic carbocycles. The molecule has 0 atom stereocenters. The highest BCUT2D eigenvalue weighted by Crippen LogP contribution is 2.37. The van der Waals surface area contributed by atoms with Crippen LogP contribution >= 0.6 is 11.3 Å². The largest absolute Gasteiger partial charge is 0.366 e. The lowest BCUT2D eigenvalue weighted by Crippen LogP contribution is -2.49. The third-order valence-electron chi connectivity index (χ3n) is 5.27. The number of carbonyl (C=O) groups excluding carboxylic acids is 4. The summed E-state index contributed by atoms with van der Waals surface area (Å²) in [6.07, 6.45) is 4.04. The lowest BCUT2D eigenvalue weighted by molar-refractivity contribution is -0.135. The molecule has 8 nitrogen and oxygen atoms in total. The summed E-state index contributed by atoms with van der Waals surface area (Å²) in [5.41, 5.74) is 4.58. The van der Waals surface area contributed by atoms with Crippen LogP contribution in [0.1, 0.15) is 49.4 Å². The van der Waals surface area contributed by atoms with Crippen LogP contribution < -0.4 is 16.4 Å². The number of amides is 5. The first-order chi connectivity index (χ1) is 12.4. The van der Waals surface area contributed by atoms with Crippen molar-refractivity contribution in [2.24, 2.45) is 11.7 Å². The van der Waals surface area contributed by atoms with Crippen LogP contribution in [0, 0.1) is 5.92 Å². The van der Waals surface area contributed by atoms with Crippen LogP contribution in [0.25, 0.3) is 0 Å². The minimum Gasteiger partial charge on any atom is -0.366 e. The Bertz CT molecular complexity index is 752. The summed E-state index contributed by atoms with van der Waals surface area (Å²) < 4.78 is 0. The van der Waals surface area contributed by atoms with E-state index in [2.05, 4.69) is 17.6 Å². The van der Waals surface area contributed by atoms with Gasteiger partial charge in [0.25, 0.3) is 11.8 Å². The van der Waals surface area contributed by atoms with Crippen molar-refractivity contribution < 1.29 is 19.2 Å². The summed E-state index contributed by atoms with van der Waals surface area (Å²) in [7, 11) is 0. The molecule has 2 heterocycles. The van der Waals surface area contributed by atoms with Crippen molar-refractivity contribution in [2.45, 2.75) is 44.6 Å². The molecule has 1 saturated carbocycles. The first-order valence-corrected chi connectivity index (χ1v) is 9.55. The van der Waals surface area contributed by atoms with Gasteiger partial charge in [-0.1, -0.05) is 13.3 Å². The Labute approximate surface area is 155 Å². The lowest BCUT2D eigenvalue weighted by atomic mass is 9.75. The summed E-state index contributed by atoms with van der Waals surface area (Å²) in [4.78, 5) is 49.6. The van der Waals surface area contributed by atoms with Crippen molar-refractivity contribution in [2.75, 3.05) is 11.9 Å². The van der Waals surface area contributed by atoms with Crippen LogP contribution in [0.5, 0.6) is 0 Å². The molecule has 0 bridgehead atoms. The molecule has 4 N–H and O–H groups in total. The molecule has 1 aromatic rings. The number of nitrogens with one attached hydrogen (secondary N) is 2. The maximum absolute atomic E-state index is 12.8. The van der Waals surface area contributed by atoms with Gasteiger partial charge in [0.1, 0.15) is 17.1 Å². The van der Waals surface area contributed by atoms with Crippen LogP contribution in [-0.2, 0) is 9.59 Å². The molecular weight excluding hydrogens is 356 g/mol. The zero-order valence-electron chi connectivity index (χ0n) is 14.5. The van der Waals surface area contributed by atoms with E-state index in [0.29, 0.717) is 23.8 Å². The number of rotatable bonds is 5. The third kappa shape index (κ3) is 3.31. The van der Waals surface area contributed by atoms with Crippen LogP contribution in [0.3, 0.4) is 0 Å². The van der Waals surface area contributed by atoms with E-state index in [4.69, 9.17) is 5.73 Å². The van der Waals surface area contributed by atoms with E-state index in [1.807, 2.05) is 0 Å². The fourth-order valence-electron chi connectivity index (χ4n) is 3.65. The second-order valence-corrected chi connectivity index (χ2v) is 7.75. The van der Waals surface area contributed by atoms with E-state index < -0.39 is 23.4 Å². The molecule has 26 heavy (non-hydrogen) atoms. The summed E-state index contributed by atoms with van der Waals surface area (Å²) >= 11 is 1.15. The van der Waals surface area contributed by atoms with Crippen molar-refractivity contribution in [1.29, 1.82) is 0 Å². The molecule has 0 aromatic carbocycles. The number of nitrogens with two attached hydrogens (primary N) is 1. The minimum atomic E-state index is -0.871. The second-order valence-electron chi connectivity index (χ2n) is 6.83. The Balaban J connectivity index is 1.65. The number of carbonyl (C=O) groups is 4. The molecule has 0 radical (unpaired) electrons. The van der Waals surface area contributed by atoms with Crippen LogP contribution in [0.2, 0.25) is 0 Å². The Morgan fingerprint density at radius 3 is 2.69 bits per heavy atom. The smallest absolute Gasteiger partial charge is 0.325 e. The van der Waals surface area contributed by atoms with E-state index in [1.54, 1.807) is 5.38 Å². The molecule has 9 heteroatoms. The zero-order chi connectivity index (χ0) is 18.9. The standard InChI is InChI=1S/C17H22N4O4S/c1-2-10-3-6-17(7-4-10)15(24)21(16(25)20-17)9-12(22)19-14-11(13(18)23)5-8-26-14/h5,8,10H,2-4,6-7,9H2,1H3,(H2,18,23)(H,19,22)(H,20,25). The number of imide groups is 1. The quantitative estimate of drug-likeness (QED) is 0.675. The van der Waals surface area contributed by atoms with E-state index in [1.165, 1.54) is 6.07 Å². The van der Waals surface area contributed by atoms with Crippen molar-refractivity contribution in [3.8, 4) is 0 Å². The fraction of sp³-hybridized carbons (Fsp3) is 0.529. The average Bonchev–Trinajstić information content (AvgIpc) is 3.15. The second kappa shape index (κ2) is 7.06. The van der Waals surface area contributed by atoms with Gasteiger partial charge in [-0.15, -0.1) is 11.3 Å². The number of primary amides is 1. The van der Waals surface area contributed by atoms with Crippen LogP contribution in [0.15, 0.2) is 11.4 Å². The maximum Gasteiger partial charge on any atom is 0.325 e. The van der Waals surface area contributed by atoms with Gasteiger partial charge in [0.2, 0.25) is 5.91 Å². The summed E-state index contributed by atoms with van der Waals surface area (Å²) in [5, 5.41) is 7.29. The number of urea groups is 1. The Hall–Kier alpha value is -2.42. The number of anilines is 1. The van der Waals surface area contributed by atoms with Gasteiger partial charge >= 0.3 is 6.03 Å². The lowest BCUT2D eigenvalue weighted by Gasteiger charge is -2.34. The van der Waals surface area contributed by atoms with E-state index in [0.717, 1.165) is 35.5 Å². The van der Waals surface area contributed by atoms with E-state index >= 15 is 0 Å². The van der Waals surface area contributed by atoms with Crippen LogP contribution in [-0.4, -0.2) is 40.7 Å². The van der Waals surface area contributed by atoms with Crippen molar-refractivity contribution in [3.63, 3.8) is 0 Å². The normalized spacial score (nSPS) is 25.4. The van der Waals surface area contributed by atoms with Gasteiger partial charge in [0.15, 0.2) is 0 Å². The average molecular weight is 378 g/mol. The number of thiophene rings is 1. The van der Waals surface area contributed by atoms with Crippen LogP contribution in [0.4, 0.5) is 9.80 Å². The van der Waals surface area contributed by atoms with E-state index in [9.17, 15) is 19.2 Å². The van der Waals surface area contributed by atoms with Crippen molar-refractivity contribution in [3.05, 3.63) is 17.0 Å². The van der Waals surface area contributed by atoms with Gasteiger partial charge in [0.05, 0.1) is 5.56 Å². The summed E-state index contributed by atoms with van der Waals surface area (Å²) in [6, 6.07) is 0.971. The molecule has 1 aliphatic heterocycles. The van der Waals surface area contributed by atoms with Gasteiger partial charge in [0, 0.05) is 0 Å². The SMILES string of the molecule is CCC1CCC2(CC1)NC(=O)N(CC(=O)Nc1sccc1C(N)=O)C2=O. The minimum absolute atomic E-state index is 0.204. The van der Waals surface area contributed by atoms with Gasteiger partial charge < -0.3 is 16.4 Å². The van der Waals surface area contributed by atoms with Gasteiger partial charge in [-0.2, -0.15) is 0 Å². The van der Waals surface area contributed by atoms with E-state index in [-0.39, 0.29) is 18.0 Å². The molecule has 1 saturated heterocycles. The van der Waals surface area contributed by atoms with Crippen molar-refractivity contribution >= 4 is 40.1 Å². The molecule has 5 amide bonds. The molecule has 3 rings (SSSR count). The predicted octanol–water partition coefficient (Wildman–Crippen LogP) is 1.68. The third-order valence-corrected chi connectivity index (χ3v) is 6.10. The monoisotopic (exact) mass is 378 g/mol. The highest BCUT2D eigenvalue weighted by molar-refractivity contribution is 7.14. The zero-order valence-corrected chi connectivity index (χ0v) is 15.4. The van der Waals surface area contributed by atoms with Gasteiger partial charge in [-0.05, 0) is 43.0 Å². The molecule has 1 aromatic heterocycles. The first-order valence-electron chi connectivity index (χ1n) is 8.67. The molecule has 2 fully saturated rings. The van der Waals surface area contributed by atoms with Crippen molar-refractivity contribution in [1.82, 2.24) is 10.2 Å². The molecular formula is C17H22N4O4S.